The van der Waals surface area contributed by atoms with Crippen molar-refractivity contribution in [3.63, 3.8) is 0 Å². The van der Waals surface area contributed by atoms with Crippen LogP contribution < -0.4 is 10.6 Å². The Balaban J connectivity index is 1.51. The van der Waals surface area contributed by atoms with Gasteiger partial charge in [0, 0.05) is 18.8 Å². The third-order valence-corrected chi connectivity index (χ3v) is 4.55. The van der Waals surface area contributed by atoms with Crippen molar-refractivity contribution in [2.45, 2.75) is 19.8 Å². The lowest BCUT2D eigenvalue weighted by Gasteiger charge is -2.22. The zero-order valence-electron chi connectivity index (χ0n) is 12.1. The third-order valence-electron chi connectivity index (χ3n) is 4.55. The van der Waals surface area contributed by atoms with Crippen molar-refractivity contribution in [1.29, 1.82) is 0 Å². The highest BCUT2D eigenvalue weighted by molar-refractivity contribution is 5.92. The molecule has 1 aromatic carbocycles. The summed E-state index contributed by atoms with van der Waals surface area (Å²) in [4.78, 5) is 14.4. The van der Waals surface area contributed by atoms with E-state index in [2.05, 4.69) is 15.5 Å². The fraction of sp³-hybridized carbons (Fsp3) is 0.562. The second kappa shape index (κ2) is 5.54. The van der Waals surface area contributed by atoms with E-state index in [-0.39, 0.29) is 5.91 Å². The van der Waals surface area contributed by atoms with Crippen LogP contribution in [0.5, 0.6) is 0 Å². The molecule has 1 unspecified atom stereocenters. The number of anilines is 1. The van der Waals surface area contributed by atoms with Gasteiger partial charge in [-0.15, -0.1) is 0 Å². The molecule has 0 radical (unpaired) electrons. The van der Waals surface area contributed by atoms with Crippen molar-refractivity contribution in [2.75, 3.05) is 38.0 Å². The summed E-state index contributed by atoms with van der Waals surface area (Å²) < 4.78 is 0. The Hall–Kier alpha value is -1.39. The third kappa shape index (κ3) is 3.02. The first-order valence-electron chi connectivity index (χ1n) is 7.45. The van der Waals surface area contributed by atoms with Gasteiger partial charge in [-0.1, -0.05) is 17.7 Å². The van der Waals surface area contributed by atoms with E-state index in [0.29, 0.717) is 12.0 Å². The van der Waals surface area contributed by atoms with Crippen LogP contribution in [0.4, 0.5) is 5.69 Å². The van der Waals surface area contributed by atoms with E-state index in [4.69, 9.17) is 0 Å². The summed E-state index contributed by atoms with van der Waals surface area (Å²) in [5.41, 5.74) is 2.53. The topological polar surface area (TPSA) is 44.4 Å². The van der Waals surface area contributed by atoms with Gasteiger partial charge in [-0.05, 0) is 50.4 Å². The second-order valence-corrected chi connectivity index (χ2v) is 6.30. The normalized spacial score (nSPS) is 26.2. The number of amides is 1. The predicted octanol–water partition coefficient (Wildman–Crippen LogP) is 1.62. The van der Waals surface area contributed by atoms with Crippen molar-refractivity contribution in [2.24, 2.45) is 5.41 Å². The quantitative estimate of drug-likeness (QED) is 0.879. The average Bonchev–Trinajstić information content (AvgIpc) is 3.03. The maximum Gasteiger partial charge on any atom is 0.238 e. The molecule has 4 nitrogen and oxygen atoms in total. The minimum atomic E-state index is 0.0943. The molecule has 2 saturated heterocycles. The molecular weight excluding hydrogens is 250 g/mol. The Bertz CT molecular complexity index is 477. The van der Waals surface area contributed by atoms with Gasteiger partial charge in [-0.3, -0.25) is 9.69 Å². The first-order chi connectivity index (χ1) is 9.65. The molecule has 2 aliphatic rings. The van der Waals surface area contributed by atoms with E-state index >= 15 is 0 Å². The van der Waals surface area contributed by atoms with Gasteiger partial charge < -0.3 is 10.6 Å². The summed E-state index contributed by atoms with van der Waals surface area (Å²) in [5, 5.41) is 6.43. The molecule has 2 N–H and O–H groups in total. The van der Waals surface area contributed by atoms with Gasteiger partial charge in [0.1, 0.15) is 0 Å². The number of nitrogens with one attached hydrogen (secondary N) is 2. The SMILES string of the molecule is Cc1ccc(NC(=O)CN2CCC3(CCNC3)C2)cc1. The Morgan fingerprint density at radius 2 is 2.15 bits per heavy atom. The Morgan fingerprint density at radius 1 is 1.35 bits per heavy atom. The smallest absolute Gasteiger partial charge is 0.238 e. The lowest BCUT2D eigenvalue weighted by molar-refractivity contribution is -0.117. The van der Waals surface area contributed by atoms with Crippen molar-refractivity contribution < 1.29 is 4.79 Å². The number of hydrogen-bond acceptors (Lipinski definition) is 3. The molecule has 0 bridgehead atoms. The number of hydrogen-bond donors (Lipinski definition) is 2. The lowest BCUT2D eigenvalue weighted by atomic mass is 9.87. The molecule has 2 fully saturated rings. The van der Waals surface area contributed by atoms with Gasteiger partial charge in [-0.25, -0.2) is 0 Å². The fourth-order valence-electron chi connectivity index (χ4n) is 3.35. The van der Waals surface area contributed by atoms with Crippen LogP contribution in [0.1, 0.15) is 18.4 Å². The summed E-state index contributed by atoms with van der Waals surface area (Å²) in [7, 11) is 0. The molecule has 2 aliphatic heterocycles. The standard InChI is InChI=1S/C16H23N3O/c1-13-2-4-14(5-3-13)18-15(20)10-19-9-7-16(12-19)6-8-17-11-16/h2-5,17H,6-12H2,1H3,(H,18,20). The first-order valence-corrected chi connectivity index (χ1v) is 7.45. The molecule has 20 heavy (non-hydrogen) atoms. The number of aryl methyl sites for hydroxylation is 1. The van der Waals surface area contributed by atoms with Crippen molar-refractivity contribution in [1.82, 2.24) is 10.2 Å². The van der Waals surface area contributed by atoms with Gasteiger partial charge >= 0.3 is 0 Å². The highest BCUT2D eigenvalue weighted by Crippen LogP contribution is 2.35. The number of benzene rings is 1. The van der Waals surface area contributed by atoms with E-state index < -0.39 is 0 Å². The summed E-state index contributed by atoms with van der Waals surface area (Å²) >= 11 is 0. The Labute approximate surface area is 120 Å². The van der Waals surface area contributed by atoms with E-state index in [9.17, 15) is 4.79 Å². The fourth-order valence-corrected chi connectivity index (χ4v) is 3.35. The summed E-state index contributed by atoms with van der Waals surface area (Å²) in [5.74, 6) is 0.0943. The zero-order chi connectivity index (χ0) is 14.0. The molecule has 0 saturated carbocycles. The van der Waals surface area contributed by atoms with Crippen molar-refractivity contribution >= 4 is 11.6 Å². The van der Waals surface area contributed by atoms with Gasteiger partial charge in [-0.2, -0.15) is 0 Å². The predicted molar refractivity (Wildman–Crippen MR) is 80.8 cm³/mol. The van der Waals surface area contributed by atoms with Crippen LogP contribution in [0, 0.1) is 12.3 Å². The maximum atomic E-state index is 12.1. The monoisotopic (exact) mass is 273 g/mol. The molecular formula is C16H23N3O. The number of likely N-dealkylation sites (tertiary alicyclic amines) is 1. The molecule has 4 heteroatoms. The van der Waals surface area contributed by atoms with Crippen molar-refractivity contribution in [3.8, 4) is 0 Å². The second-order valence-electron chi connectivity index (χ2n) is 6.30. The van der Waals surface area contributed by atoms with E-state index in [1.54, 1.807) is 0 Å². The summed E-state index contributed by atoms with van der Waals surface area (Å²) in [6.45, 7) is 6.90. The van der Waals surface area contributed by atoms with Crippen LogP contribution in [0.3, 0.4) is 0 Å². The number of carbonyl (C=O) groups is 1. The van der Waals surface area contributed by atoms with Gasteiger partial charge in [0.15, 0.2) is 0 Å². The van der Waals surface area contributed by atoms with Crippen LogP contribution in [-0.4, -0.2) is 43.5 Å². The number of nitrogens with zero attached hydrogens (tertiary/aromatic N) is 1. The van der Waals surface area contributed by atoms with E-state index in [0.717, 1.165) is 31.9 Å². The summed E-state index contributed by atoms with van der Waals surface area (Å²) in [6, 6.07) is 7.95. The number of carbonyl (C=O) groups excluding carboxylic acids is 1. The molecule has 108 valence electrons. The molecule has 2 heterocycles. The van der Waals surface area contributed by atoms with Crippen LogP contribution in [-0.2, 0) is 4.79 Å². The molecule has 1 amide bonds. The van der Waals surface area contributed by atoms with Crippen LogP contribution >= 0.6 is 0 Å². The van der Waals surface area contributed by atoms with Crippen LogP contribution in [0.15, 0.2) is 24.3 Å². The molecule has 1 aromatic rings. The minimum absolute atomic E-state index is 0.0943. The molecule has 0 aromatic heterocycles. The van der Waals surface area contributed by atoms with Gasteiger partial charge in [0.05, 0.1) is 6.54 Å². The largest absolute Gasteiger partial charge is 0.325 e. The maximum absolute atomic E-state index is 12.1. The van der Waals surface area contributed by atoms with Gasteiger partial charge in [0.2, 0.25) is 5.91 Å². The Morgan fingerprint density at radius 3 is 2.85 bits per heavy atom. The van der Waals surface area contributed by atoms with Crippen LogP contribution in [0.2, 0.25) is 0 Å². The highest BCUT2D eigenvalue weighted by Gasteiger charge is 2.40. The zero-order valence-corrected chi connectivity index (χ0v) is 12.1. The summed E-state index contributed by atoms with van der Waals surface area (Å²) in [6.07, 6.45) is 2.47. The highest BCUT2D eigenvalue weighted by atomic mass is 16.2. The average molecular weight is 273 g/mol. The lowest BCUT2D eigenvalue weighted by Crippen LogP contribution is -2.34. The molecule has 0 aliphatic carbocycles. The molecule has 1 atom stereocenters. The van der Waals surface area contributed by atoms with Crippen LogP contribution in [0.25, 0.3) is 0 Å². The first kappa shape index (κ1) is 13.6. The Kier molecular flexibility index (Phi) is 3.76. The van der Waals surface area contributed by atoms with Crippen molar-refractivity contribution in [3.05, 3.63) is 29.8 Å². The van der Waals surface area contributed by atoms with E-state index in [1.165, 1.54) is 18.4 Å². The minimum Gasteiger partial charge on any atom is -0.325 e. The molecule has 3 rings (SSSR count). The van der Waals surface area contributed by atoms with Gasteiger partial charge in [0.25, 0.3) is 0 Å². The van der Waals surface area contributed by atoms with E-state index in [1.807, 2.05) is 31.2 Å². The molecule has 1 spiro atoms. The number of rotatable bonds is 3.